The van der Waals surface area contributed by atoms with Crippen LogP contribution in [-0.4, -0.2) is 28.3 Å². The second-order valence-electron chi connectivity index (χ2n) is 5.65. The van der Waals surface area contributed by atoms with E-state index >= 15 is 0 Å². The van der Waals surface area contributed by atoms with Crippen LogP contribution in [0.1, 0.15) is 24.2 Å². The van der Waals surface area contributed by atoms with E-state index in [9.17, 15) is 4.79 Å². The number of nitrogens with zero attached hydrogens (tertiary/aromatic N) is 2. The minimum Gasteiger partial charge on any atom is -0.382 e. The van der Waals surface area contributed by atoms with Crippen LogP contribution in [0.3, 0.4) is 0 Å². The first kappa shape index (κ1) is 16.7. The van der Waals surface area contributed by atoms with Crippen LogP contribution in [0, 0.1) is 0 Å². The topological polar surface area (TPSA) is 118 Å². The molecule has 0 saturated heterocycles. The van der Waals surface area contributed by atoms with Crippen molar-refractivity contribution in [3.63, 3.8) is 0 Å². The number of hydrogen-bond acceptors (Lipinski definition) is 5. The lowest BCUT2D eigenvalue weighted by Crippen LogP contribution is -2.31. The summed E-state index contributed by atoms with van der Waals surface area (Å²) in [5, 5.41) is 13.1. The van der Waals surface area contributed by atoms with Crippen LogP contribution >= 0.6 is 0 Å². The fraction of sp³-hybridized carbons (Fsp3) is 0.235. The number of nitrogens with two attached hydrogens (primary N) is 1. The van der Waals surface area contributed by atoms with Crippen LogP contribution < -0.4 is 16.4 Å². The Morgan fingerprint density at radius 1 is 1.36 bits per heavy atom. The van der Waals surface area contributed by atoms with Gasteiger partial charge in [0.15, 0.2) is 5.82 Å². The van der Waals surface area contributed by atoms with Crippen molar-refractivity contribution >= 4 is 28.6 Å². The number of pyridine rings is 1. The van der Waals surface area contributed by atoms with Gasteiger partial charge < -0.3 is 15.8 Å². The van der Waals surface area contributed by atoms with Gasteiger partial charge in [-0.1, -0.05) is 30.3 Å². The number of benzene rings is 1. The lowest BCUT2D eigenvalue weighted by atomic mass is 10.1. The molecule has 0 aliphatic carbocycles. The molecule has 0 aliphatic rings. The zero-order valence-corrected chi connectivity index (χ0v) is 14.0. The highest BCUT2D eigenvalue weighted by Crippen LogP contribution is 2.24. The van der Waals surface area contributed by atoms with Gasteiger partial charge in [0, 0.05) is 13.2 Å². The number of fused-ring (bicyclic) bond motifs is 1. The van der Waals surface area contributed by atoms with Gasteiger partial charge in [0.25, 0.3) is 0 Å². The number of rotatable bonds is 5. The van der Waals surface area contributed by atoms with Gasteiger partial charge >= 0.3 is 6.03 Å². The Bertz CT molecular complexity index is 877. The SMILES string of the molecule is COCc1nc(NC(=O)N[C@H](C)c2ccccc2)cc2[nH]nc(N)c12. The standard InChI is InChI=1S/C17H20N6O2/c1-10(11-6-4-3-5-7-11)19-17(24)21-14-8-12-15(16(18)23-22-12)13(20-14)9-25-2/h3-8,10H,9H2,1-2H3,(H3,18,22,23)(H2,19,20,21,24)/t10-/m1/s1. The monoisotopic (exact) mass is 340 g/mol. The lowest BCUT2D eigenvalue weighted by molar-refractivity contribution is 0.183. The second kappa shape index (κ2) is 7.18. The van der Waals surface area contributed by atoms with Crippen molar-refractivity contribution in [1.82, 2.24) is 20.5 Å². The predicted octanol–water partition coefficient (Wildman–Crippen LogP) is 2.57. The Labute approximate surface area is 144 Å². The van der Waals surface area contributed by atoms with Gasteiger partial charge in [-0.05, 0) is 12.5 Å². The highest BCUT2D eigenvalue weighted by Gasteiger charge is 2.14. The number of H-pyrrole nitrogens is 1. The van der Waals surface area contributed by atoms with Crippen molar-refractivity contribution in [2.24, 2.45) is 0 Å². The van der Waals surface area contributed by atoms with E-state index in [1.54, 1.807) is 13.2 Å². The summed E-state index contributed by atoms with van der Waals surface area (Å²) < 4.78 is 5.15. The summed E-state index contributed by atoms with van der Waals surface area (Å²) >= 11 is 0. The normalized spacial score (nSPS) is 12.1. The van der Waals surface area contributed by atoms with E-state index in [2.05, 4.69) is 25.8 Å². The van der Waals surface area contributed by atoms with Crippen LogP contribution in [0.2, 0.25) is 0 Å². The zero-order chi connectivity index (χ0) is 17.8. The van der Waals surface area contributed by atoms with Gasteiger partial charge in [0.2, 0.25) is 0 Å². The Morgan fingerprint density at radius 2 is 2.12 bits per heavy atom. The van der Waals surface area contributed by atoms with E-state index in [1.807, 2.05) is 37.3 Å². The average molecular weight is 340 g/mol. The van der Waals surface area contributed by atoms with Gasteiger partial charge in [-0.3, -0.25) is 10.4 Å². The van der Waals surface area contributed by atoms with Gasteiger partial charge in [-0.15, -0.1) is 0 Å². The summed E-state index contributed by atoms with van der Waals surface area (Å²) in [5.74, 6) is 0.740. The molecule has 2 aromatic heterocycles. The van der Waals surface area contributed by atoms with Crippen molar-refractivity contribution < 1.29 is 9.53 Å². The highest BCUT2D eigenvalue weighted by molar-refractivity contribution is 5.95. The van der Waals surface area contributed by atoms with E-state index in [0.29, 0.717) is 28.2 Å². The number of carbonyl (C=O) groups excluding carboxylic acids is 1. The van der Waals surface area contributed by atoms with Crippen LogP contribution in [0.5, 0.6) is 0 Å². The number of hydrogen-bond donors (Lipinski definition) is 4. The van der Waals surface area contributed by atoms with Gasteiger partial charge in [-0.25, -0.2) is 9.78 Å². The molecule has 3 rings (SSSR count). The lowest BCUT2D eigenvalue weighted by Gasteiger charge is -2.15. The molecule has 0 aliphatic heterocycles. The molecule has 2 heterocycles. The third kappa shape index (κ3) is 3.69. The molecule has 8 nitrogen and oxygen atoms in total. The molecule has 0 spiro atoms. The summed E-state index contributed by atoms with van der Waals surface area (Å²) in [5.41, 5.74) is 8.16. The molecule has 0 fully saturated rings. The summed E-state index contributed by atoms with van der Waals surface area (Å²) in [4.78, 5) is 16.7. The van der Waals surface area contributed by atoms with Crippen molar-refractivity contribution in [1.29, 1.82) is 0 Å². The molecule has 1 aromatic carbocycles. The first-order valence-corrected chi connectivity index (χ1v) is 7.83. The molecule has 25 heavy (non-hydrogen) atoms. The van der Waals surface area contributed by atoms with E-state index in [-0.39, 0.29) is 18.7 Å². The van der Waals surface area contributed by atoms with Crippen LogP contribution in [0.4, 0.5) is 16.4 Å². The molecule has 130 valence electrons. The largest absolute Gasteiger partial charge is 0.382 e. The Morgan fingerprint density at radius 3 is 2.84 bits per heavy atom. The average Bonchev–Trinajstić information content (AvgIpc) is 2.97. The molecular formula is C17H20N6O2. The molecule has 2 amide bonds. The maximum Gasteiger partial charge on any atom is 0.320 e. The number of amides is 2. The summed E-state index contributed by atoms with van der Waals surface area (Å²) in [6.07, 6.45) is 0. The predicted molar refractivity (Wildman–Crippen MR) is 96.0 cm³/mol. The van der Waals surface area contributed by atoms with E-state index in [1.165, 1.54) is 0 Å². The van der Waals surface area contributed by atoms with Crippen molar-refractivity contribution in [3.8, 4) is 0 Å². The maximum absolute atomic E-state index is 12.3. The number of nitrogens with one attached hydrogen (secondary N) is 3. The minimum absolute atomic E-state index is 0.133. The fourth-order valence-corrected chi connectivity index (χ4v) is 2.63. The number of carbonyl (C=O) groups is 1. The van der Waals surface area contributed by atoms with Crippen LogP contribution in [0.15, 0.2) is 36.4 Å². The third-order valence-corrected chi connectivity index (χ3v) is 3.82. The highest BCUT2D eigenvalue weighted by atomic mass is 16.5. The molecule has 8 heteroatoms. The Kier molecular flexibility index (Phi) is 4.80. The summed E-state index contributed by atoms with van der Waals surface area (Å²) in [6, 6.07) is 10.9. The quantitative estimate of drug-likeness (QED) is 0.569. The molecule has 5 N–H and O–H groups in total. The zero-order valence-electron chi connectivity index (χ0n) is 14.0. The van der Waals surface area contributed by atoms with E-state index in [4.69, 9.17) is 10.5 Å². The van der Waals surface area contributed by atoms with Crippen molar-refractivity contribution in [2.75, 3.05) is 18.2 Å². The van der Waals surface area contributed by atoms with Crippen molar-refractivity contribution in [3.05, 3.63) is 47.7 Å². The van der Waals surface area contributed by atoms with Gasteiger partial charge in [0.05, 0.1) is 29.2 Å². The van der Waals surface area contributed by atoms with Gasteiger partial charge in [-0.2, -0.15) is 5.10 Å². The molecule has 3 aromatic rings. The Balaban J connectivity index is 1.77. The van der Waals surface area contributed by atoms with Gasteiger partial charge in [0.1, 0.15) is 5.82 Å². The fourth-order valence-electron chi connectivity index (χ4n) is 2.63. The number of ether oxygens (including phenoxy) is 1. The minimum atomic E-state index is -0.348. The first-order chi connectivity index (χ1) is 12.1. The van der Waals surface area contributed by atoms with E-state index < -0.39 is 0 Å². The smallest absolute Gasteiger partial charge is 0.320 e. The molecule has 0 unspecified atom stereocenters. The number of methoxy groups -OCH3 is 1. The third-order valence-electron chi connectivity index (χ3n) is 3.82. The molecular weight excluding hydrogens is 320 g/mol. The van der Waals surface area contributed by atoms with Crippen LogP contribution in [0.25, 0.3) is 10.9 Å². The van der Waals surface area contributed by atoms with Crippen LogP contribution in [-0.2, 0) is 11.3 Å². The van der Waals surface area contributed by atoms with E-state index in [0.717, 1.165) is 5.56 Å². The summed E-state index contributed by atoms with van der Waals surface area (Å²) in [7, 11) is 1.57. The number of anilines is 2. The molecule has 0 saturated carbocycles. The first-order valence-electron chi connectivity index (χ1n) is 7.83. The maximum atomic E-state index is 12.3. The number of aromatic nitrogens is 3. The molecule has 0 bridgehead atoms. The number of nitrogen functional groups attached to an aromatic ring is 1. The second-order valence-corrected chi connectivity index (χ2v) is 5.65. The number of aromatic amines is 1. The number of urea groups is 1. The molecule has 0 radical (unpaired) electrons. The summed E-state index contributed by atoms with van der Waals surface area (Å²) in [6.45, 7) is 2.18. The Hall–Kier alpha value is -3.13. The van der Waals surface area contributed by atoms with Crippen molar-refractivity contribution in [2.45, 2.75) is 19.6 Å². The molecule has 1 atom stereocenters.